The van der Waals surface area contributed by atoms with Crippen molar-refractivity contribution in [3.63, 3.8) is 0 Å². The first kappa shape index (κ1) is 17.3. The Hall–Kier alpha value is -2.04. The molecule has 120 valence electrons. The number of nitrogens with zero attached hydrogens (tertiary/aromatic N) is 1. The van der Waals surface area contributed by atoms with Gasteiger partial charge in [0.25, 0.3) is 5.91 Å². The molecule has 0 saturated carbocycles. The number of halogens is 2. The van der Waals surface area contributed by atoms with Crippen LogP contribution in [0.1, 0.15) is 16.7 Å². The van der Waals surface area contributed by atoms with Crippen LogP contribution >= 0.6 is 23.2 Å². The molecule has 0 heterocycles. The molecule has 4 nitrogen and oxygen atoms in total. The summed E-state index contributed by atoms with van der Waals surface area (Å²) in [6.45, 7) is 3.65. The van der Waals surface area contributed by atoms with Crippen LogP contribution in [0.15, 0.2) is 41.5 Å². The van der Waals surface area contributed by atoms with Gasteiger partial charge in [0.1, 0.15) is 5.75 Å². The van der Waals surface area contributed by atoms with Crippen LogP contribution in [0.2, 0.25) is 10.0 Å². The third-order valence-electron chi connectivity index (χ3n) is 3.05. The van der Waals surface area contributed by atoms with Crippen molar-refractivity contribution in [3.8, 4) is 5.75 Å². The van der Waals surface area contributed by atoms with E-state index >= 15 is 0 Å². The molecule has 0 aromatic heterocycles. The van der Waals surface area contributed by atoms with Gasteiger partial charge in [-0.25, -0.2) is 5.43 Å². The van der Waals surface area contributed by atoms with Crippen LogP contribution in [0, 0.1) is 13.8 Å². The molecule has 0 aliphatic carbocycles. The Labute approximate surface area is 145 Å². The molecule has 0 spiro atoms. The fraction of sp³-hybridized carbons (Fsp3) is 0.176. The highest BCUT2D eigenvalue weighted by molar-refractivity contribution is 6.32. The number of carbonyl (C=O) groups excluding carboxylic acids is 1. The maximum absolute atomic E-state index is 11.7. The Morgan fingerprint density at radius 3 is 2.39 bits per heavy atom. The molecule has 1 N–H and O–H groups in total. The number of hydrogen-bond acceptors (Lipinski definition) is 3. The van der Waals surface area contributed by atoms with Gasteiger partial charge >= 0.3 is 0 Å². The van der Waals surface area contributed by atoms with Gasteiger partial charge in [-0.2, -0.15) is 5.10 Å². The molecule has 0 aliphatic heterocycles. The molecule has 1 amide bonds. The first-order valence-corrected chi connectivity index (χ1v) is 7.68. The van der Waals surface area contributed by atoms with E-state index in [1.807, 2.05) is 13.8 Å². The number of hydrazone groups is 1. The van der Waals surface area contributed by atoms with Crippen molar-refractivity contribution in [3.05, 3.63) is 63.1 Å². The molecule has 2 aromatic rings. The smallest absolute Gasteiger partial charge is 0.277 e. The van der Waals surface area contributed by atoms with Gasteiger partial charge in [0.2, 0.25) is 0 Å². The van der Waals surface area contributed by atoms with Crippen molar-refractivity contribution in [2.45, 2.75) is 13.8 Å². The van der Waals surface area contributed by atoms with Gasteiger partial charge in [0.05, 0.1) is 6.21 Å². The Bertz CT molecular complexity index is 705. The van der Waals surface area contributed by atoms with Crippen molar-refractivity contribution in [2.24, 2.45) is 5.10 Å². The van der Waals surface area contributed by atoms with E-state index in [1.165, 1.54) is 6.21 Å². The van der Waals surface area contributed by atoms with Gasteiger partial charge in [-0.1, -0.05) is 35.3 Å². The zero-order chi connectivity index (χ0) is 16.8. The second kappa shape index (κ2) is 7.99. The normalized spacial score (nSPS) is 10.8. The topological polar surface area (TPSA) is 50.7 Å². The number of amides is 1. The Kier molecular flexibility index (Phi) is 6.02. The summed E-state index contributed by atoms with van der Waals surface area (Å²) in [7, 11) is 0. The van der Waals surface area contributed by atoms with E-state index in [2.05, 4.69) is 10.5 Å². The predicted octanol–water partition coefficient (Wildman–Crippen LogP) is 4.14. The maximum atomic E-state index is 11.7. The Morgan fingerprint density at radius 2 is 1.78 bits per heavy atom. The molecule has 0 fully saturated rings. The molecule has 0 aliphatic rings. The van der Waals surface area contributed by atoms with Crippen LogP contribution < -0.4 is 10.2 Å². The highest BCUT2D eigenvalue weighted by Gasteiger charge is 2.06. The fourth-order valence-corrected chi connectivity index (χ4v) is 2.13. The average Bonchev–Trinajstić information content (AvgIpc) is 2.52. The molecule has 0 atom stereocenters. The van der Waals surface area contributed by atoms with E-state index in [-0.39, 0.29) is 12.5 Å². The molecular formula is C17H16Cl2N2O2. The zero-order valence-corrected chi connectivity index (χ0v) is 14.3. The summed E-state index contributed by atoms with van der Waals surface area (Å²) in [5, 5.41) is 5.21. The van der Waals surface area contributed by atoms with Crippen LogP contribution in [0.5, 0.6) is 5.75 Å². The van der Waals surface area contributed by atoms with Gasteiger partial charge in [0.15, 0.2) is 6.61 Å². The van der Waals surface area contributed by atoms with Crippen LogP contribution in [0.3, 0.4) is 0 Å². The third kappa shape index (κ3) is 5.27. The summed E-state index contributed by atoms with van der Waals surface area (Å²) in [5.41, 5.74) is 5.05. The highest BCUT2D eigenvalue weighted by Crippen LogP contribution is 2.25. The minimum Gasteiger partial charge on any atom is -0.484 e. The number of benzene rings is 2. The first-order chi connectivity index (χ1) is 11.0. The Morgan fingerprint density at radius 1 is 1.17 bits per heavy atom. The van der Waals surface area contributed by atoms with Crippen LogP contribution in [-0.2, 0) is 4.79 Å². The second-order valence-electron chi connectivity index (χ2n) is 5.00. The Balaban J connectivity index is 1.84. The summed E-state index contributed by atoms with van der Waals surface area (Å²) >= 11 is 11.9. The van der Waals surface area contributed by atoms with E-state index in [4.69, 9.17) is 27.9 Å². The summed E-state index contributed by atoms with van der Waals surface area (Å²) in [4.78, 5) is 11.7. The fourth-order valence-electron chi connectivity index (χ4n) is 1.90. The molecule has 23 heavy (non-hydrogen) atoms. The largest absolute Gasteiger partial charge is 0.484 e. The highest BCUT2D eigenvalue weighted by atomic mass is 35.5. The number of nitrogens with one attached hydrogen (secondary N) is 1. The third-order valence-corrected chi connectivity index (χ3v) is 3.90. The summed E-state index contributed by atoms with van der Waals surface area (Å²) in [6, 6.07) is 10.7. The molecule has 2 aromatic carbocycles. The van der Waals surface area contributed by atoms with Crippen molar-refractivity contribution in [1.29, 1.82) is 0 Å². The molecule has 0 saturated heterocycles. The number of hydrogen-bond donors (Lipinski definition) is 1. The van der Waals surface area contributed by atoms with Gasteiger partial charge in [-0.05, 0) is 54.8 Å². The minimum atomic E-state index is -0.347. The molecule has 0 unspecified atom stereocenters. The number of ether oxygens (including phenoxy) is 1. The van der Waals surface area contributed by atoms with E-state index < -0.39 is 0 Å². The zero-order valence-electron chi connectivity index (χ0n) is 12.8. The number of rotatable bonds is 5. The standard InChI is InChI=1S/C17H16Cl2N2O2/c1-11-7-15(8-12(2)17(11)19)23-10-16(22)21-20-9-13-3-5-14(18)6-4-13/h3-9H,10H2,1-2H3,(H,21,22)/b20-9-. The SMILES string of the molecule is Cc1cc(OCC(=O)N/N=C\c2ccc(Cl)cc2)cc(C)c1Cl. The van der Waals surface area contributed by atoms with E-state index in [1.54, 1.807) is 36.4 Å². The summed E-state index contributed by atoms with van der Waals surface area (Å²) in [5.74, 6) is 0.252. The molecule has 2 rings (SSSR count). The minimum absolute atomic E-state index is 0.127. The lowest BCUT2D eigenvalue weighted by atomic mass is 10.1. The van der Waals surface area contributed by atoms with Crippen molar-refractivity contribution in [2.75, 3.05) is 6.61 Å². The second-order valence-corrected chi connectivity index (χ2v) is 5.82. The number of aryl methyl sites for hydroxylation is 2. The van der Waals surface area contributed by atoms with Gasteiger partial charge in [-0.15, -0.1) is 0 Å². The van der Waals surface area contributed by atoms with E-state index in [0.717, 1.165) is 16.7 Å². The summed E-state index contributed by atoms with van der Waals surface area (Å²) in [6.07, 6.45) is 1.53. The van der Waals surface area contributed by atoms with E-state index in [0.29, 0.717) is 15.8 Å². The van der Waals surface area contributed by atoms with Gasteiger partial charge in [0, 0.05) is 10.0 Å². The lowest BCUT2D eigenvalue weighted by molar-refractivity contribution is -0.123. The monoisotopic (exact) mass is 350 g/mol. The molecular weight excluding hydrogens is 335 g/mol. The average molecular weight is 351 g/mol. The van der Waals surface area contributed by atoms with Crippen molar-refractivity contribution < 1.29 is 9.53 Å². The molecule has 0 bridgehead atoms. The lowest BCUT2D eigenvalue weighted by Crippen LogP contribution is -2.24. The van der Waals surface area contributed by atoms with E-state index in [9.17, 15) is 4.79 Å². The molecule has 6 heteroatoms. The van der Waals surface area contributed by atoms with Crippen LogP contribution in [-0.4, -0.2) is 18.7 Å². The molecule has 0 radical (unpaired) electrons. The predicted molar refractivity (Wildman–Crippen MR) is 93.6 cm³/mol. The van der Waals surface area contributed by atoms with Crippen LogP contribution in [0.25, 0.3) is 0 Å². The van der Waals surface area contributed by atoms with Gasteiger partial charge in [-0.3, -0.25) is 4.79 Å². The first-order valence-electron chi connectivity index (χ1n) is 6.92. The van der Waals surface area contributed by atoms with Gasteiger partial charge < -0.3 is 4.74 Å². The van der Waals surface area contributed by atoms with Crippen molar-refractivity contribution >= 4 is 35.3 Å². The quantitative estimate of drug-likeness (QED) is 0.650. The van der Waals surface area contributed by atoms with Crippen LogP contribution in [0.4, 0.5) is 0 Å². The summed E-state index contributed by atoms with van der Waals surface area (Å²) < 4.78 is 5.44. The maximum Gasteiger partial charge on any atom is 0.277 e. The lowest BCUT2D eigenvalue weighted by Gasteiger charge is -2.09. The number of carbonyl (C=O) groups is 1. The van der Waals surface area contributed by atoms with Crippen molar-refractivity contribution in [1.82, 2.24) is 5.43 Å².